The first-order valence-corrected chi connectivity index (χ1v) is 5.13. The van der Waals surface area contributed by atoms with Crippen LogP contribution in [0.2, 0.25) is 0 Å². The number of hydrogen-bond donors (Lipinski definition) is 1. The Bertz CT molecular complexity index is 557. The van der Waals surface area contributed by atoms with Crippen LogP contribution in [0.15, 0.2) is 42.6 Å². The van der Waals surface area contributed by atoms with Crippen LogP contribution in [0.25, 0.3) is 0 Å². The van der Waals surface area contributed by atoms with Crippen molar-refractivity contribution in [3.63, 3.8) is 0 Å². The van der Waals surface area contributed by atoms with Crippen LogP contribution in [0.1, 0.15) is 26.4 Å². The summed E-state index contributed by atoms with van der Waals surface area (Å²) in [5.74, 6) is -0.949. The van der Waals surface area contributed by atoms with Gasteiger partial charge in [0.25, 0.3) is 0 Å². The van der Waals surface area contributed by atoms with Crippen LogP contribution in [-0.4, -0.2) is 21.9 Å². The second-order valence-corrected chi connectivity index (χ2v) is 3.68. The monoisotopic (exact) mass is 229 g/mol. The van der Waals surface area contributed by atoms with Crippen molar-refractivity contribution in [2.75, 3.05) is 0 Å². The zero-order valence-electron chi connectivity index (χ0n) is 9.04. The first-order chi connectivity index (χ1) is 8.20. The van der Waals surface area contributed by atoms with E-state index in [1.165, 1.54) is 0 Å². The number of aromatic nitrogens is 1. The molecule has 0 atom stereocenters. The fraction of sp³-hybridized carbons (Fsp3) is 0.0769. The lowest BCUT2D eigenvalue weighted by molar-refractivity contribution is 0.0696. The molecule has 1 aromatic heterocycles. The van der Waals surface area contributed by atoms with Crippen LogP contribution in [0.5, 0.6) is 0 Å². The van der Waals surface area contributed by atoms with Gasteiger partial charge >= 0.3 is 5.97 Å². The number of carbonyl (C=O) groups is 2. The van der Waals surface area contributed by atoms with Crippen molar-refractivity contribution in [1.82, 2.24) is 4.57 Å². The lowest BCUT2D eigenvalue weighted by Crippen LogP contribution is -2.04. The molecule has 0 aliphatic carbocycles. The molecule has 2 rings (SSSR count). The molecule has 0 saturated carbocycles. The lowest BCUT2D eigenvalue weighted by atomic mass is 10.1. The highest BCUT2D eigenvalue weighted by Gasteiger charge is 2.05. The minimum atomic E-state index is -0.949. The Labute approximate surface area is 98.1 Å². The summed E-state index contributed by atoms with van der Waals surface area (Å²) in [5.41, 5.74) is 1.68. The maximum absolute atomic E-state index is 10.8. The molecule has 0 saturated heterocycles. The molecule has 0 aliphatic heterocycles. The third-order valence-electron chi connectivity index (χ3n) is 2.51. The predicted molar refractivity (Wildman–Crippen MR) is 62.3 cm³/mol. The molecule has 0 radical (unpaired) electrons. The van der Waals surface area contributed by atoms with Crippen molar-refractivity contribution < 1.29 is 14.7 Å². The normalized spacial score (nSPS) is 10.1. The Hall–Kier alpha value is -2.36. The molecule has 1 heterocycles. The Morgan fingerprint density at radius 1 is 1.29 bits per heavy atom. The van der Waals surface area contributed by atoms with Gasteiger partial charge in [0.15, 0.2) is 6.29 Å². The zero-order chi connectivity index (χ0) is 12.3. The molecule has 4 heteroatoms. The second kappa shape index (κ2) is 4.65. The van der Waals surface area contributed by atoms with Gasteiger partial charge in [-0.25, -0.2) is 4.79 Å². The molecule has 17 heavy (non-hydrogen) atoms. The van der Waals surface area contributed by atoms with Crippen LogP contribution in [0.4, 0.5) is 0 Å². The predicted octanol–water partition coefficient (Wildman–Crippen LogP) is 2.05. The van der Waals surface area contributed by atoms with Crippen molar-refractivity contribution in [2.24, 2.45) is 0 Å². The highest BCUT2D eigenvalue weighted by molar-refractivity contribution is 5.87. The number of hydrogen-bond acceptors (Lipinski definition) is 2. The third kappa shape index (κ3) is 2.42. The van der Waals surface area contributed by atoms with Gasteiger partial charge in [-0.2, -0.15) is 0 Å². The summed E-state index contributed by atoms with van der Waals surface area (Å²) in [7, 11) is 0. The Morgan fingerprint density at radius 2 is 2.12 bits per heavy atom. The van der Waals surface area contributed by atoms with Gasteiger partial charge in [0, 0.05) is 12.7 Å². The average molecular weight is 229 g/mol. The quantitative estimate of drug-likeness (QED) is 0.816. The molecule has 0 aliphatic rings. The summed E-state index contributed by atoms with van der Waals surface area (Å²) in [5, 5.41) is 8.87. The van der Waals surface area contributed by atoms with Crippen LogP contribution in [-0.2, 0) is 6.54 Å². The Balaban J connectivity index is 2.27. The number of benzene rings is 1. The van der Waals surface area contributed by atoms with E-state index >= 15 is 0 Å². The summed E-state index contributed by atoms with van der Waals surface area (Å²) in [6, 6.07) is 10.2. The van der Waals surface area contributed by atoms with Gasteiger partial charge in [0.05, 0.1) is 11.3 Å². The van der Waals surface area contributed by atoms with E-state index in [0.717, 1.165) is 11.8 Å². The standard InChI is InChI=1S/C13H11NO3/c15-9-12-5-2-6-14(12)8-10-3-1-4-11(7-10)13(16)17/h1-7,9H,8H2,(H,16,17). The Morgan fingerprint density at radius 3 is 2.82 bits per heavy atom. The second-order valence-electron chi connectivity index (χ2n) is 3.68. The number of nitrogens with zero attached hydrogens (tertiary/aromatic N) is 1. The van der Waals surface area contributed by atoms with Gasteiger partial charge < -0.3 is 9.67 Å². The van der Waals surface area contributed by atoms with Gasteiger partial charge in [-0.05, 0) is 29.8 Å². The molecule has 86 valence electrons. The minimum absolute atomic E-state index is 0.252. The van der Waals surface area contributed by atoms with Crippen molar-refractivity contribution in [3.05, 3.63) is 59.4 Å². The van der Waals surface area contributed by atoms with Gasteiger partial charge in [0.2, 0.25) is 0 Å². The molecule has 0 bridgehead atoms. The topological polar surface area (TPSA) is 59.3 Å². The zero-order valence-corrected chi connectivity index (χ0v) is 9.04. The molecule has 0 amide bonds. The molecule has 1 aromatic carbocycles. The summed E-state index contributed by atoms with van der Waals surface area (Å²) in [4.78, 5) is 21.6. The van der Waals surface area contributed by atoms with Crippen LogP contribution < -0.4 is 0 Å². The fourth-order valence-corrected chi connectivity index (χ4v) is 1.68. The number of aldehydes is 1. The highest BCUT2D eigenvalue weighted by Crippen LogP contribution is 2.09. The van der Waals surface area contributed by atoms with Gasteiger partial charge in [-0.15, -0.1) is 0 Å². The summed E-state index contributed by atoms with van der Waals surface area (Å²) in [6.07, 6.45) is 2.57. The molecule has 2 aromatic rings. The van der Waals surface area contributed by atoms with Gasteiger partial charge in [0.1, 0.15) is 0 Å². The van der Waals surface area contributed by atoms with Gasteiger partial charge in [-0.1, -0.05) is 12.1 Å². The largest absolute Gasteiger partial charge is 0.478 e. The average Bonchev–Trinajstić information content (AvgIpc) is 2.76. The number of aromatic carboxylic acids is 1. The molecule has 1 N–H and O–H groups in total. The minimum Gasteiger partial charge on any atom is -0.478 e. The fourth-order valence-electron chi connectivity index (χ4n) is 1.68. The maximum atomic E-state index is 10.8. The number of rotatable bonds is 4. The number of carboxylic acid groups (broad SMARTS) is 1. The first-order valence-electron chi connectivity index (χ1n) is 5.13. The molecular formula is C13H11NO3. The molecular weight excluding hydrogens is 218 g/mol. The summed E-state index contributed by atoms with van der Waals surface area (Å²) in [6.45, 7) is 0.488. The van der Waals surface area contributed by atoms with E-state index in [4.69, 9.17) is 5.11 Å². The van der Waals surface area contributed by atoms with E-state index in [0.29, 0.717) is 12.2 Å². The molecule has 0 unspecified atom stereocenters. The van der Waals surface area contributed by atoms with E-state index in [1.807, 2.05) is 6.07 Å². The van der Waals surface area contributed by atoms with E-state index in [1.54, 1.807) is 41.1 Å². The van der Waals surface area contributed by atoms with Crippen LogP contribution in [0, 0.1) is 0 Å². The van der Waals surface area contributed by atoms with Crippen molar-refractivity contribution in [2.45, 2.75) is 6.54 Å². The van der Waals surface area contributed by atoms with E-state index in [9.17, 15) is 9.59 Å². The van der Waals surface area contributed by atoms with E-state index in [-0.39, 0.29) is 5.56 Å². The van der Waals surface area contributed by atoms with Crippen LogP contribution in [0.3, 0.4) is 0 Å². The third-order valence-corrected chi connectivity index (χ3v) is 2.51. The van der Waals surface area contributed by atoms with Crippen molar-refractivity contribution >= 4 is 12.3 Å². The van der Waals surface area contributed by atoms with Crippen molar-refractivity contribution in [1.29, 1.82) is 0 Å². The molecule has 0 fully saturated rings. The van der Waals surface area contributed by atoms with E-state index in [2.05, 4.69) is 0 Å². The number of carbonyl (C=O) groups excluding carboxylic acids is 1. The van der Waals surface area contributed by atoms with Gasteiger partial charge in [-0.3, -0.25) is 4.79 Å². The molecule has 4 nitrogen and oxygen atoms in total. The lowest BCUT2D eigenvalue weighted by Gasteiger charge is -2.06. The first kappa shape index (κ1) is 11.1. The maximum Gasteiger partial charge on any atom is 0.335 e. The smallest absolute Gasteiger partial charge is 0.335 e. The van der Waals surface area contributed by atoms with Crippen LogP contribution >= 0.6 is 0 Å². The number of carboxylic acids is 1. The highest BCUT2D eigenvalue weighted by atomic mass is 16.4. The Kier molecular flexibility index (Phi) is 3.05. The SMILES string of the molecule is O=Cc1cccn1Cc1cccc(C(=O)O)c1. The summed E-state index contributed by atoms with van der Waals surface area (Å²) >= 11 is 0. The van der Waals surface area contributed by atoms with Crippen molar-refractivity contribution in [3.8, 4) is 0 Å². The van der Waals surface area contributed by atoms with E-state index < -0.39 is 5.97 Å². The summed E-state index contributed by atoms with van der Waals surface area (Å²) < 4.78 is 1.77. The molecule has 0 spiro atoms.